The monoisotopic (exact) mass is 405 g/mol. The van der Waals surface area contributed by atoms with Gasteiger partial charge in [0.1, 0.15) is 6.04 Å². The number of benzene rings is 2. The van der Waals surface area contributed by atoms with Crippen molar-refractivity contribution in [3.63, 3.8) is 0 Å². The Balaban J connectivity index is 1.73. The van der Waals surface area contributed by atoms with Crippen molar-refractivity contribution in [2.45, 2.75) is 24.8 Å². The lowest BCUT2D eigenvalue weighted by atomic mass is 10.2. The van der Waals surface area contributed by atoms with Crippen molar-refractivity contribution in [1.82, 2.24) is 4.31 Å². The van der Waals surface area contributed by atoms with Gasteiger partial charge in [0.25, 0.3) is 0 Å². The molecule has 0 aliphatic carbocycles. The number of ether oxygens (including phenoxy) is 2. The molecule has 0 fully saturated rings. The van der Waals surface area contributed by atoms with E-state index in [-0.39, 0.29) is 17.6 Å². The average molecular weight is 405 g/mol. The number of nitrogens with one attached hydrogen (secondary N) is 2. The van der Waals surface area contributed by atoms with Crippen LogP contribution in [0.2, 0.25) is 0 Å². The van der Waals surface area contributed by atoms with Crippen LogP contribution in [0.1, 0.15) is 12.5 Å². The van der Waals surface area contributed by atoms with Gasteiger partial charge in [0.05, 0.1) is 4.90 Å². The van der Waals surface area contributed by atoms with Gasteiger partial charge in [0.2, 0.25) is 22.7 Å². The standard InChI is InChI=1S/C19H23N3O5S/c1-12-5-7-15(28(24,25)22(3)4)10-16(12)21-19(23)13(2)20-14-6-8-17-18(9-14)27-11-26-17/h5-10,13,20H,11H2,1-4H3,(H,21,23). The molecule has 2 aromatic carbocycles. The van der Waals surface area contributed by atoms with Crippen molar-refractivity contribution >= 4 is 27.3 Å². The summed E-state index contributed by atoms with van der Waals surface area (Å²) >= 11 is 0. The van der Waals surface area contributed by atoms with Crippen LogP contribution in [-0.4, -0.2) is 45.6 Å². The molecule has 1 atom stereocenters. The van der Waals surface area contributed by atoms with E-state index in [0.29, 0.717) is 22.9 Å². The molecule has 1 unspecified atom stereocenters. The highest BCUT2D eigenvalue weighted by atomic mass is 32.2. The molecule has 1 heterocycles. The molecule has 150 valence electrons. The summed E-state index contributed by atoms with van der Waals surface area (Å²) in [6.45, 7) is 3.70. The average Bonchev–Trinajstić information content (AvgIpc) is 3.10. The van der Waals surface area contributed by atoms with Crippen LogP contribution in [-0.2, 0) is 14.8 Å². The van der Waals surface area contributed by atoms with Crippen molar-refractivity contribution in [1.29, 1.82) is 0 Å². The van der Waals surface area contributed by atoms with Crippen molar-refractivity contribution in [3.8, 4) is 11.5 Å². The number of carbonyl (C=O) groups excluding carboxylic acids is 1. The van der Waals surface area contributed by atoms with E-state index in [9.17, 15) is 13.2 Å². The molecule has 8 nitrogen and oxygen atoms in total. The second-order valence-electron chi connectivity index (χ2n) is 6.69. The van der Waals surface area contributed by atoms with Crippen LogP contribution in [0.25, 0.3) is 0 Å². The highest BCUT2D eigenvalue weighted by Gasteiger charge is 2.20. The van der Waals surface area contributed by atoms with Crippen LogP contribution >= 0.6 is 0 Å². The molecule has 1 aliphatic rings. The summed E-state index contributed by atoms with van der Waals surface area (Å²) in [6, 6.07) is 9.43. The third kappa shape index (κ3) is 4.05. The van der Waals surface area contributed by atoms with Gasteiger partial charge >= 0.3 is 0 Å². The van der Waals surface area contributed by atoms with Gasteiger partial charge < -0.3 is 20.1 Å². The first-order valence-electron chi connectivity index (χ1n) is 8.68. The normalized spacial score (nSPS) is 14.0. The maximum Gasteiger partial charge on any atom is 0.246 e. The SMILES string of the molecule is Cc1ccc(S(=O)(=O)N(C)C)cc1NC(=O)C(C)Nc1ccc2c(c1)OCO2. The lowest BCUT2D eigenvalue weighted by Crippen LogP contribution is -2.32. The number of anilines is 2. The van der Waals surface area contributed by atoms with E-state index in [1.807, 2.05) is 0 Å². The number of hydrogen-bond acceptors (Lipinski definition) is 6. The minimum atomic E-state index is -3.59. The van der Waals surface area contributed by atoms with Gasteiger partial charge in [0, 0.05) is 31.5 Å². The fourth-order valence-electron chi connectivity index (χ4n) is 2.65. The van der Waals surface area contributed by atoms with Crippen LogP contribution in [0, 0.1) is 6.92 Å². The number of sulfonamides is 1. The molecule has 2 N–H and O–H groups in total. The first-order chi connectivity index (χ1) is 13.2. The predicted octanol–water partition coefficient (Wildman–Crippen LogP) is 2.41. The third-order valence-electron chi connectivity index (χ3n) is 4.39. The number of hydrogen-bond donors (Lipinski definition) is 2. The van der Waals surface area contributed by atoms with Crippen LogP contribution in [0.5, 0.6) is 11.5 Å². The molecule has 28 heavy (non-hydrogen) atoms. The van der Waals surface area contributed by atoms with E-state index in [1.165, 1.54) is 26.2 Å². The van der Waals surface area contributed by atoms with Gasteiger partial charge in [-0.3, -0.25) is 4.79 Å². The number of amides is 1. The van der Waals surface area contributed by atoms with Crippen LogP contribution in [0.3, 0.4) is 0 Å². The molecule has 3 rings (SSSR count). The van der Waals surface area contributed by atoms with E-state index >= 15 is 0 Å². The Labute approximate surface area is 164 Å². The van der Waals surface area contributed by atoms with E-state index < -0.39 is 16.1 Å². The molecule has 0 aromatic heterocycles. The largest absolute Gasteiger partial charge is 0.454 e. The molecule has 1 amide bonds. The molecule has 0 radical (unpaired) electrons. The van der Waals surface area contributed by atoms with Crippen molar-refractivity contribution in [3.05, 3.63) is 42.0 Å². The summed E-state index contributed by atoms with van der Waals surface area (Å²) in [6.07, 6.45) is 0. The van der Waals surface area contributed by atoms with Gasteiger partial charge in [-0.1, -0.05) is 6.07 Å². The van der Waals surface area contributed by atoms with Crippen LogP contribution in [0.15, 0.2) is 41.3 Å². The van der Waals surface area contributed by atoms with E-state index in [4.69, 9.17) is 9.47 Å². The summed E-state index contributed by atoms with van der Waals surface area (Å²) in [5, 5.41) is 5.89. The smallest absolute Gasteiger partial charge is 0.246 e. The van der Waals surface area contributed by atoms with Gasteiger partial charge in [-0.15, -0.1) is 0 Å². The molecule has 9 heteroatoms. The summed E-state index contributed by atoms with van der Waals surface area (Å²) in [5.41, 5.74) is 1.93. The summed E-state index contributed by atoms with van der Waals surface area (Å²) in [4.78, 5) is 12.7. The van der Waals surface area contributed by atoms with Crippen molar-refractivity contribution < 1.29 is 22.7 Å². The Bertz CT molecular complexity index is 1000. The number of nitrogens with zero attached hydrogens (tertiary/aromatic N) is 1. The fraction of sp³-hybridized carbons (Fsp3) is 0.316. The van der Waals surface area contributed by atoms with Crippen LogP contribution < -0.4 is 20.1 Å². The summed E-state index contributed by atoms with van der Waals surface area (Å²) in [7, 11) is -0.660. The highest BCUT2D eigenvalue weighted by Crippen LogP contribution is 2.34. The first-order valence-corrected chi connectivity index (χ1v) is 10.1. The molecular weight excluding hydrogens is 382 g/mol. The maximum absolute atomic E-state index is 12.6. The lowest BCUT2D eigenvalue weighted by molar-refractivity contribution is -0.116. The van der Waals surface area contributed by atoms with E-state index in [2.05, 4.69) is 10.6 Å². The predicted molar refractivity (Wildman–Crippen MR) is 106 cm³/mol. The Morgan fingerprint density at radius 1 is 1.11 bits per heavy atom. The molecule has 1 aliphatic heterocycles. The summed E-state index contributed by atoms with van der Waals surface area (Å²) < 4.78 is 36.4. The molecule has 2 aromatic rings. The Morgan fingerprint density at radius 3 is 2.54 bits per heavy atom. The first kappa shape index (κ1) is 20.0. The number of rotatable bonds is 6. The van der Waals surface area contributed by atoms with Gasteiger partial charge in [-0.2, -0.15) is 0 Å². The second kappa shape index (κ2) is 7.69. The van der Waals surface area contributed by atoms with E-state index in [0.717, 1.165) is 9.87 Å². The lowest BCUT2D eigenvalue weighted by Gasteiger charge is -2.18. The zero-order valence-corrected chi connectivity index (χ0v) is 17.0. The maximum atomic E-state index is 12.6. The Kier molecular flexibility index (Phi) is 5.48. The quantitative estimate of drug-likeness (QED) is 0.766. The Morgan fingerprint density at radius 2 is 1.82 bits per heavy atom. The van der Waals surface area contributed by atoms with Gasteiger partial charge in [-0.25, -0.2) is 12.7 Å². The number of aryl methyl sites for hydroxylation is 1. The zero-order valence-electron chi connectivity index (χ0n) is 16.1. The van der Waals surface area contributed by atoms with Gasteiger partial charge in [-0.05, 0) is 43.7 Å². The van der Waals surface area contributed by atoms with Gasteiger partial charge in [0.15, 0.2) is 11.5 Å². The molecule has 0 saturated heterocycles. The van der Waals surface area contributed by atoms with Crippen molar-refractivity contribution in [2.24, 2.45) is 0 Å². The fourth-order valence-corrected chi connectivity index (χ4v) is 3.58. The Hall–Kier alpha value is -2.78. The minimum absolute atomic E-state index is 0.120. The van der Waals surface area contributed by atoms with E-state index in [1.54, 1.807) is 38.1 Å². The third-order valence-corrected chi connectivity index (χ3v) is 6.21. The molecule has 0 spiro atoms. The topological polar surface area (TPSA) is 97.0 Å². The molecular formula is C19H23N3O5S. The number of carbonyl (C=O) groups is 1. The zero-order chi connectivity index (χ0) is 20.5. The summed E-state index contributed by atoms with van der Waals surface area (Å²) in [5.74, 6) is 0.993. The molecule has 0 bridgehead atoms. The van der Waals surface area contributed by atoms with Crippen LogP contribution in [0.4, 0.5) is 11.4 Å². The van der Waals surface area contributed by atoms with Crippen molar-refractivity contribution in [2.75, 3.05) is 31.5 Å². The minimum Gasteiger partial charge on any atom is -0.454 e. The molecule has 0 saturated carbocycles. The number of fused-ring (bicyclic) bond motifs is 1. The highest BCUT2D eigenvalue weighted by molar-refractivity contribution is 7.89. The second-order valence-corrected chi connectivity index (χ2v) is 8.84.